The van der Waals surface area contributed by atoms with Crippen molar-refractivity contribution >= 4 is 15.8 Å². The molecule has 0 aliphatic carbocycles. The summed E-state index contributed by atoms with van der Waals surface area (Å²) >= 11 is 0. The van der Waals surface area contributed by atoms with E-state index in [1.807, 2.05) is 0 Å². The third-order valence-corrected chi connectivity index (χ3v) is 2.48. The Morgan fingerprint density at radius 3 is 2.50 bits per heavy atom. The standard InChI is InChI=1S/C7H7NO4S.Na/c1-13(11,12)5-2-3-8-6(4-5)7(9)10;/h2-4H,1H3,(H,9,10);/q;+1/p-1. The van der Waals surface area contributed by atoms with Crippen molar-refractivity contribution in [3.05, 3.63) is 24.0 Å². The van der Waals surface area contributed by atoms with Crippen LogP contribution in [0, 0.1) is 0 Å². The van der Waals surface area contributed by atoms with E-state index < -0.39 is 15.8 Å². The molecule has 0 spiro atoms. The van der Waals surface area contributed by atoms with E-state index in [9.17, 15) is 18.3 Å². The number of pyridine rings is 1. The summed E-state index contributed by atoms with van der Waals surface area (Å²) in [5.41, 5.74) is -0.386. The predicted octanol–water partition coefficient (Wildman–Crippen LogP) is -4.15. The topological polar surface area (TPSA) is 87.2 Å². The SMILES string of the molecule is CS(=O)(=O)c1ccnc(C(=O)[O-])c1.[Na+]. The first kappa shape index (κ1) is 13.6. The molecular weight excluding hydrogens is 217 g/mol. The molecule has 0 fully saturated rings. The molecule has 1 aromatic rings. The molecule has 0 saturated heterocycles. The molecule has 0 unspecified atom stereocenters. The molecule has 1 aromatic heterocycles. The first-order chi connectivity index (χ1) is 5.91. The number of carboxylic acid groups (broad SMARTS) is 1. The molecule has 0 saturated carbocycles. The molecular formula is C7H6NNaO4S. The maximum absolute atomic E-state index is 11.0. The van der Waals surface area contributed by atoms with Crippen molar-refractivity contribution in [2.45, 2.75) is 4.90 Å². The van der Waals surface area contributed by atoms with Crippen LogP contribution in [0.15, 0.2) is 23.2 Å². The van der Waals surface area contributed by atoms with Crippen molar-refractivity contribution in [1.29, 1.82) is 0 Å². The third-order valence-electron chi connectivity index (χ3n) is 1.37. The van der Waals surface area contributed by atoms with Gasteiger partial charge in [0.2, 0.25) is 0 Å². The average molecular weight is 223 g/mol. The molecule has 1 rings (SSSR count). The van der Waals surface area contributed by atoms with Crippen molar-refractivity contribution in [3.8, 4) is 0 Å². The maximum Gasteiger partial charge on any atom is 1.00 e. The number of nitrogens with zero attached hydrogens (tertiary/aromatic N) is 1. The zero-order valence-electron chi connectivity index (χ0n) is 7.72. The number of aromatic nitrogens is 1. The number of carboxylic acids is 1. The molecule has 0 amide bonds. The molecule has 0 radical (unpaired) electrons. The van der Waals surface area contributed by atoms with Crippen LogP contribution in [-0.2, 0) is 9.84 Å². The van der Waals surface area contributed by atoms with Crippen LogP contribution < -0.4 is 34.7 Å². The van der Waals surface area contributed by atoms with Crippen molar-refractivity contribution in [2.24, 2.45) is 0 Å². The third kappa shape index (κ3) is 3.38. The summed E-state index contributed by atoms with van der Waals surface area (Å²) in [6, 6.07) is 2.19. The smallest absolute Gasteiger partial charge is 0.543 e. The number of hydrogen-bond donors (Lipinski definition) is 0. The first-order valence-electron chi connectivity index (χ1n) is 3.29. The van der Waals surface area contributed by atoms with Gasteiger partial charge in [0.05, 0.1) is 16.6 Å². The van der Waals surface area contributed by atoms with Gasteiger partial charge in [0.1, 0.15) is 0 Å². The van der Waals surface area contributed by atoms with E-state index in [-0.39, 0.29) is 40.1 Å². The summed E-state index contributed by atoms with van der Waals surface area (Å²) in [5, 5.41) is 10.3. The Kier molecular flexibility index (Phi) is 4.73. The van der Waals surface area contributed by atoms with Crippen molar-refractivity contribution in [1.82, 2.24) is 4.98 Å². The van der Waals surface area contributed by atoms with Gasteiger partial charge < -0.3 is 9.90 Å². The molecule has 0 atom stereocenters. The van der Waals surface area contributed by atoms with Crippen LogP contribution in [0.1, 0.15) is 10.5 Å². The van der Waals surface area contributed by atoms with Gasteiger partial charge in [0.25, 0.3) is 0 Å². The van der Waals surface area contributed by atoms with Crippen LogP contribution in [0.2, 0.25) is 0 Å². The van der Waals surface area contributed by atoms with E-state index in [0.717, 1.165) is 18.5 Å². The molecule has 0 bridgehead atoms. The van der Waals surface area contributed by atoms with Crippen LogP contribution in [0.4, 0.5) is 0 Å². The molecule has 0 aliphatic rings. The van der Waals surface area contributed by atoms with Gasteiger partial charge in [-0.1, -0.05) is 0 Å². The van der Waals surface area contributed by atoms with Gasteiger partial charge >= 0.3 is 29.6 Å². The fourth-order valence-corrected chi connectivity index (χ4v) is 1.39. The summed E-state index contributed by atoms with van der Waals surface area (Å²) < 4.78 is 21.9. The molecule has 0 N–H and O–H groups in total. The summed E-state index contributed by atoms with van der Waals surface area (Å²) in [7, 11) is -3.39. The normalized spacial score (nSPS) is 10.4. The monoisotopic (exact) mass is 223 g/mol. The fourth-order valence-electron chi connectivity index (χ4n) is 0.753. The fraction of sp³-hybridized carbons (Fsp3) is 0.143. The van der Waals surface area contributed by atoms with Gasteiger partial charge in [0, 0.05) is 12.5 Å². The van der Waals surface area contributed by atoms with Crippen LogP contribution in [0.3, 0.4) is 0 Å². The van der Waals surface area contributed by atoms with Crippen LogP contribution in [-0.4, -0.2) is 25.6 Å². The number of hydrogen-bond acceptors (Lipinski definition) is 5. The maximum atomic E-state index is 11.0. The van der Waals surface area contributed by atoms with Gasteiger partial charge in [-0.25, -0.2) is 8.42 Å². The summed E-state index contributed by atoms with van der Waals surface area (Å²) in [6.07, 6.45) is 2.10. The quantitative estimate of drug-likeness (QED) is 0.475. The van der Waals surface area contributed by atoms with Crippen LogP contribution in [0.5, 0.6) is 0 Å². The Morgan fingerprint density at radius 1 is 1.50 bits per heavy atom. The summed E-state index contributed by atoms with van der Waals surface area (Å²) in [5.74, 6) is -1.49. The number of sulfone groups is 1. The van der Waals surface area contributed by atoms with Gasteiger partial charge in [-0.05, 0) is 12.1 Å². The molecule has 0 aliphatic heterocycles. The van der Waals surface area contributed by atoms with E-state index in [0.29, 0.717) is 0 Å². The molecule has 5 nitrogen and oxygen atoms in total. The predicted molar refractivity (Wildman–Crippen MR) is 41.7 cm³/mol. The number of carbonyl (C=O) groups excluding carboxylic acids is 1. The number of rotatable bonds is 2. The molecule has 0 aromatic carbocycles. The van der Waals surface area contributed by atoms with Gasteiger partial charge in [-0.15, -0.1) is 0 Å². The second kappa shape index (κ2) is 4.88. The molecule has 14 heavy (non-hydrogen) atoms. The minimum Gasteiger partial charge on any atom is -0.543 e. The molecule has 7 heteroatoms. The summed E-state index contributed by atoms with van der Waals surface area (Å²) in [4.78, 5) is 13.7. The van der Waals surface area contributed by atoms with E-state index in [1.54, 1.807) is 0 Å². The van der Waals surface area contributed by atoms with Crippen molar-refractivity contribution in [2.75, 3.05) is 6.26 Å². The van der Waals surface area contributed by atoms with Crippen LogP contribution >= 0.6 is 0 Å². The van der Waals surface area contributed by atoms with Crippen LogP contribution in [0.25, 0.3) is 0 Å². The Balaban J connectivity index is 0.00000169. The minimum absolute atomic E-state index is 0. The van der Waals surface area contributed by atoms with E-state index in [1.165, 1.54) is 6.07 Å². The summed E-state index contributed by atoms with van der Waals surface area (Å²) in [6.45, 7) is 0. The minimum atomic E-state index is -3.39. The Morgan fingerprint density at radius 2 is 2.07 bits per heavy atom. The van der Waals surface area contributed by atoms with E-state index in [4.69, 9.17) is 0 Å². The Hall–Kier alpha value is -0.430. The molecule has 1 heterocycles. The Labute approximate surface area is 103 Å². The van der Waals surface area contributed by atoms with Gasteiger partial charge in [-0.3, -0.25) is 4.98 Å². The van der Waals surface area contributed by atoms with Crippen molar-refractivity contribution < 1.29 is 47.9 Å². The first-order valence-corrected chi connectivity index (χ1v) is 5.18. The Bertz CT molecular complexity index is 443. The average Bonchev–Trinajstić information content (AvgIpc) is 2.03. The van der Waals surface area contributed by atoms with E-state index >= 15 is 0 Å². The van der Waals surface area contributed by atoms with E-state index in [2.05, 4.69) is 4.98 Å². The number of carbonyl (C=O) groups is 1. The second-order valence-corrected chi connectivity index (χ2v) is 4.45. The van der Waals surface area contributed by atoms with Gasteiger partial charge in [-0.2, -0.15) is 0 Å². The van der Waals surface area contributed by atoms with Gasteiger partial charge in [0.15, 0.2) is 9.84 Å². The second-order valence-electron chi connectivity index (χ2n) is 2.44. The largest absolute Gasteiger partial charge is 1.00 e. The van der Waals surface area contributed by atoms with Crippen molar-refractivity contribution in [3.63, 3.8) is 0 Å². The zero-order valence-corrected chi connectivity index (χ0v) is 10.5. The zero-order chi connectivity index (χ0) is 10.1. The molecule has 70 valence electrons. The number of aromatic carboxylic acids is 1.